The molecule has 30 heavy (non-hydrogen) atoms. The molecule has 1 saturated heterocycles. The van der Waals surface area contributed by atoms with Crippen LogP contribution in [0.1, 0.15) is 41.3 Å². The summed E-state index contributed by atoms with van der Waals surface area (Å²) in [6.07, 6.45) is 3.37. The van der Waals surface area contributed by atoms with Crippen LogP contribution in [0.25, 0.3) is 0 Å². The van der Waals surface area contributed by atoms with Crippen molar-refractivity contribution in [1.82, 2.24) is 9.88 Å². The van der Waals surface area contributed by atoms with Gasteiger partial charge in [0.1, 0.15) is 18.4 Å². The fourth-order valence-electron chi connectivity index (χ4n) is 4.02. The van der Waals surface area contributed by atoms with Gasteiger partial charge < -0.3 is 9.84 Å². The molecule has 0 aliphatic carbocycles. The fourth-order valence-corrected chi connectivity index (χ4v) is 4.02. The Morgan fingerprint density at radius 2 is 1.90 bits per heavy atom. The lowest BCUT2D eigenvalue weighted by Gasteiger charge is -2.31. The number of hydrogen-bond donors (Lipinski definition) is 1. The molecule has 1 aliphatic rings. The quantitative estimate of drug-likeness (QED) is 0.625. The van der Waals surface area contributed by atoms with Crippen molar-refractivity contribution < 1.29 is 14.6 Å². The van der Waals surface area contributed by atoms with Gasteiger partial charge >= 0.3 is 5.97 Å². The van der Waals surface area contributed by atoms with E-state index in [4.69, 9.17) is 4.74 Å². The molecule has 4 rings (SSSR count). The van der Waals surface area contributed by atoms with Gasteiger partial charge in [0.15, 0.2) is 0 Å². The number of carbonyl (C=O) groups is 1. The van der Waals surface area contributed by atoms with Crippen LogP contribution in [0.5, 0.6) is 5.75 Å². The average Bonchev–Trinajstić information content (AvgIpc) is 3.25. The van der Waals surface area contributed by atoms with E-state index in [2.05, 4.69) is 9.88 Å². The van der Waals surface area contributed by atoms with E-state index < -0.39 is 12.0 Å². The van der Waals surface area contributed by atoms with E-state index in [1.807, 2.05) is 79.9 Å². The SMILES string of the molecule is Cc1ccc(C(c2ccc(OCc3ccccc3)cc2)N2CCCC2C(=O)O)nc1. The Labute approximate surface area is 177 Å². The Morgan fingerprint density at radius 3 is 2.57 bits per heavy atom. The molecule has 5 nitrogen and oxygen atoms in total. The van der Waals surface area contributed by atoms with Gasteiger partial charge in [-0.15, -0.1) is 0 Å². The van der Waals surface area contributed by atoms with E-state index in [-0.39, 0.29) is 6.04 Å². The van der Waals surface area contributed by atoms with Crippen LogP contribution >= 0.6 is 0 Å². The fraction of sp³-hybridized carbons (Fsp3) is 0.280. The highest BCUT2D eigenvalue weighted by atomic mass is 16.5. The summed E-state index contributed by atoms with van der Waals surface area (Å²) >= 11 is 0. The third-order valence-corrected chi connectivity index (χ3v) is 5.57. The molecule has 1 aromatic heterocycles. The van der Waals surface area contributed by atoms with Gasteiger partial charge in [-0.1, -0.05) is 48.5 Å². The summed E-state index contributed by atoms with van der Waals surface area (Å²) < 4.78 is 5.91. The van der Waals surface area contributed by atoms with Crippen LogP contribution in [0.15, 0.2) is 72.9 Å². The number of pyridine rings is 1. The van der Waals surface area contributed by atoms with E-state index in [9.17, 15) is 9.90 Å². The largest absolute Gasteiger partial charge is 0.489 e. The predicted molar refractivity (Wildman–Crippen MR) is 115 cm³/mol. The first-order valence-electron chi connectivity index (χ1n) is 10.3. The second kappa shape index (κ2) is 9.09. The molecule has 0 spiro atoms. The Kier molecular flexibility index (Phi) is 6.10. The maximum atomic E-state index is 11.8. The highest BCUT2D eigenvalue weighted by Crippen LogP contribution is 2.34. The molecule has 2 heterocycles. The minimum Gasteiger partial charge on any atom is -0.489 e. The monoisotopic (exact) mass is 402 g/mol. The van der Waals surface area contributed by atoms with Crippen molar-refractivity contribution in [2.75, 3.05) is 6.54 Å². The molecule has 0 amide bonds. The number of nitrogens with zero attached hydrogens (tertiary/aromatic N) is 2. The minimum atomic E-state index is -0.771. The first-order chi connectivity index (χ1) is 14.6. The van der Waals surface area contributed by atoms with Crippen molar-refractivity contribution in [1.29, 1.82) is 0 Å². The highest BCUT2D eigenvalue weighted by Gasteiger charge is 2.37. The molecule has 5 heteroatoms. The van der Waals surface area contributed by atoms with Gasteiger partial charge in [0.05, 0.1) is 11.7 Å². The van der Waals surface area contributed by atoms with Gasteiger partial charge in [0.25, 0.3) is 0 Å². The van der Waals surface area contributed by atoms with Crippen LogP contribution in [-0.4, -0.2) is 33.5 Å². The molecule has 154 valence electrons. The van der Waals surface area contributed by atoms with Gasteiger partial charge in [-0.3, -0.25) is 14.7 Å². The first-order valence-corrected chi connectivity index (χ1v) is 10.3. The number of benzene rings is 2. The van der Waals surface area contributed by atoms with E-state index in [0.29, 0.717) is 13.0 Å². The van der Waals surface area contributed by atoms with E-state index in [1.165, 1.54) is 0 Å². The van der Waals surface area contributed by atoms with Crippen LogP contribution in [0.4, 0.5) is 0 Å². The minimum absolute atomic E-state index is 0.197. The van der Waals surface area contributed by atoms with Gasteiger partial charge in [-0.2, -0.15) is 0 Å². The van der Waals surface area contributed by atoms with Gasteiger partial charge in [-0.25, -0.2) is 0 Å². The molecule has 0 saturated carbocycles. The van der Waals surface area contributed by atoms with Crippen LogP contribution in [-0.2, 0) is 11.4 Å². The lowest BCUT2D eigenvalue weighted by atomic mass is 9.99. The lowest BCUT2D eigenvalue weighted by Crippen LogP contribution is -2.39. The Morgan fingerprint density at radius 1 is 1.13 bits per heavy atom. The molecular weight excluding hydrogens is 376 g/mol. The standard InChI is InChI=1S/C25H26N2O3/c1-18-9-14-22(26-16-18)24(27-15-5-8-23(27)25(28)29)20-10-12-21(13-11-20)30-17-19-6-3-2-4-7-19/h2-4,6-7,9-14,16,23-24H,5,8,15,17H2,1H3,(H,28,29). The number of carboxylic acid groups (broad SMARTS) is 1. The predicted octanol–water partition coefficient (Wildman–Crippen LogP) is 4.61. The third-order valence-electron chi connectivity index (χ3n) is 5.57. The summed E-state index contributed by atoms with van der Waals surface area (Å²) in [7, 11) is 0. The van der Waals surface area contributed by atoms with E-state index >= 15 is 0 Å². The summed E-state index contributed by atoms with van der Waals surface area (Å²) in [4.78, 5) is 18.5. The number of rotatable bonds is 7. The zero-order valence-electron chi connectivity index (χ0n) is 17.1. The summed E-state index contributed by atoms with van der Waals surface area (Å²) in [5.74, 6) is 0.0156. The molecule has 2 atom stereocenters. The molecule has 1 N–H and O–H groups in total. The normalized spacial score (nSPS) is 17.6. The molecule has 3 aromatic rings. The number of aliphatic carboxylic acids is 1. The topological polar surface area (TPSA) is 62.7 Å². The summed E-state index contributed by atoms with van der Waals surface area (Å²) in [5, 5.41) is 9.71. The maximum absolute atomic E-state index is 11.8. The number of aromatic nitrogens is 1. The number of hydrogen-bond acceptors (Lipinski definition) is 4. The number of ether oxygens (including phenoxy) is 1. The highest BCUT2D eigenvalue weighted by molar-refractivity contribution is 5.74. The van der Waals surface area contributed by atoms with Crippen molar-refractivity contribution in [3.8, 4) is 5.75 Å². The smallest absolute Gasteiger partial charge is 0.320 e. The molecular formula is C25H26N2O3. The van der Waals surface area contributed by atoms with Gasteiger partial charge in [0.2, 0.25) is 0 Å². The number of likely N-dealkylation sites (tertiary alicyclic amines) is 1. The van der Waals surface area contributed by atoms with Crippen LogP contribution in [0, 0.1) is 6.92 Å². The van der Waals surface area contributed by atoms with Crippen molar-refractivity contribution in [3.05, 3.63) is 95.3 Å². The van der Waals surface area contributed by atoms with E-state index in [1.54, 1.807) is 0 Å². The Bertz CT molecular complexity index is 972. The Hall–Kier alpha value is -3.18. The summed E-state index contributed by atoms with van der Waals surface area (Å²) in [5.41, 5.74) is 4.08. The first kappa shape index (κ1) is 20.1. The molecule has 0 bridgehead atoms. The van der Waals surface area contributed by atoms with Crippen molar-refractivity contribution >= 4 is 5.97 Å². The number of carboxylic acids is 1. The lowest BCUT2D eigenvalue weighted by molar-refractivity contribution is -0.142. The molecule has 1 aliphatic heterocycles. The van der Waals surface area contributed by atoms with Gasteiger partial charge in [0, 0.05) is 12.7 Å². The summed E-state index contributed by atoms with van der Waals surface area (Å²) in [6.45, 7) is 3.25. The van der Waals surface area contributed by atoms with Gasteiger partial charge in [-0.05, 0) is 54.7 Å². The Balaban J connectivity index is 1.58. The zero-order valence-corrected chi connectivity index (χ0v) is 17.1. The zero-order chi connectivity index (χ0) is 20.9. The van der Waals surface area contributed by atoms with Crippen molar-refractivity contribution in [2.45, 2.75) is 38.5 Å². The molecule has 2 unspecified atom stereocenters. The van der Waals surface area contributed by atoms with Crippen molar-refractivity contribution in [3.63, 3.8) is 0 Å². The van der Waals surface area contributed by atoms with Crippen LogP contribution in [0.3, 0.4) is 0 Å². The maximum Gasteiger partial charge on any atom is 0.320 e. The van der Waals surface area contributed by atoms with Crippen LogP contribution < -0.4 is 4.74 Å². The molecule has 1 fully saturated rings. The van der Waals surface area contributed by atoms with E-state index in [0.717, 1.165) is 41.1 Å². The summed E-state index contributed by atoms with van der Waals surface area (Å²) in [6, 6.07) is 21.3. The van der Waals surface area contributed by atoms with Crippen molar-refractivity contribution in [2.24, 2.45) is 0 Å². The average molecular weight is 402 g/mol. The second-order valence-electron chi connectivity index (χ2n) is 7.74. The molecule has 2 aromatic carbocycles. The second-order valence-corrected chi connectivity index (χ2v) is 7.74. The third kappa shape index (κ3) is 4.52. The number of aryl methyl sites for hydroxylation is 1. The van der Waals surface area contributed by atoms with Crippen LogP contribution in [0.2, 0.25) is 0 Å². The molecule has 0 radical (unpaired) electrons.